The summed E-state index contributed by atoms with van der Waals surface area (Å²) in [5.41, 5.74) is 5.41. The molecule has 18 heavy (non-hydrogen) atoms. The van der Waals surface area contributed by atoms with Crippen molar-refractivity contribution in [3.05, 3.63) is 20.8 Å². The molecule has 0 atom stereocenters. The topological polar surface area (TPSA) is 49.6 Å². The third kappa shape index (κ3) is 3.78. The third-order valence-electron chi connectivity index (χ3n) is 3.09. The molecule has 1 fully saturated rings. The van der Waals surface area contributed by atoms with Crippen molar-refractivity contribution in [3.63, 3.8) is 0 Å². The molecule has 4 nitrogen and oxygen atoms in total. The molecule has 1 saturated heterocycles. The molecule has 0 spiro atoms. The Balaban J connectivity index is 1.78. The Labute approximate surface area is 120 Å². The SMILES string of the molecule is NCCC(=O)N1CCN(Cc2ccc(Br)s2)CC1. The van der Waals surface area contributed by atoms with Crippen molar-refractivity contribution < 1.29 is 4.79 Å². The minimum absolute atomic E-state index is 0.191. The minimum atomic E-state index is 0.191. The van der Waals surface area contributed by atoms with E-state index in [1.165, 1.54) is 8.66 Å². The fourth-order valence-corrected chi connectivity index (χ4v) is 3.62. The molecule has 0 aromatic carbocycles. The zero-order valence-electron chi connectivity index (χ0n) is 10.3. The standard InChI is InChI=1S/C12H18BrN3OS/c13-11-2-1-10(18-11)9-15-5-7-16(8-6-15)12(17)3-4-14/h1-2H,3-9,14H2. The maximum atomic E-state index is 11.7. The van der Waals surface area contributed by atoms with Gasteiger partial charge in [-0.15, -0.1) is 11.3 Å². The largest absolute Gasteiger partial charge is 0.340 e. The average molecular weight is 332 g/mol. The predicted molar refractivity (Wildman–Crippen MR) is 77.5 cm³/mol. The lowest BCUT2D eigenvalue weighted by Crippen LogP contribution is -2.48. The quantitative estimate of drug-likeness (QED) is 0.909. The van der Waals surface area contributed by atoms with Crippen LogP contribution in [0.5, 0.6) is 0 Å². The molecule has 2 N–H and O–H groups in total. The first-order valence-electron chi connectivity index (χ1n) is 6.13. The maximum Gasteiger partial charge on any atom is 0.223 e. The van der Waals surface area contributed by atoms with Crippen LogP contribution in [0.4, 0.5) is 0 Å². The number of piperazine rings is 1. The van der Waals surface area contributed by atoms with E-state index in [9.17, 15) is 4.79 Å². The van der Waals surface area contributed by atoms with E-state index in [1.807, 2.05) is 4.90 Å². The lowest BCUT2D eigenvalue weighted by molar-refractivity contribution is -0.132. The van der Waals surface area contributed by atoms with Gasteiger partial charge in [0.25, 0.3) is 0 Å². The molecule has 1 aliphatic rings. The van der Waals surface area contributed by atoms with E-state index in [0.717, 1.165) is 32.7 Å². The highest BCUT2D eigenvalue weighted by Gasteiger charge is 2.20. The van der Waals surface area contributed by atoms with Crippen LogP contribution in [0.1, 0.15) is 11.3 Å². The normalized spacial score (nSPS) is 17.1. The van der Waals surface area contributed by atoms with Gasteiger partial charge >= 0.3 is 0 Å². The molecule has 2 heterocycles. The van der Waals surface area contributed by atoms with Gasteiger partial charge in [0.15, 0.2) is 0 Å². The second-order valence-corrected chi connectivity index (χ2v) is 6.95. The highest BCUT2D eigenvalue weighted by molar-refractivity contribution is 9.11. The Bertz CT molecular complexity index is 402. The molecule has 6 heteroatoms. The van der Waals surface area contributed by atoms with E-state index in [1.54, 1.807) is 11.3 Å². The Morgan fingerprint density at radius 1 is 1.33 bits per heavy atom. The first-order valence-corrected chi connectivity index (χ1v) is 7.74. The molecule has 0 saturated carbocycles. The Morgan fingerprint density at radius 2 is 2.06 bits per heavy atom. The van der Waals surface area contributed by atoms with Crippen molar-refractivity contribution in [2.75, 3.05) is 32.7 Å². The number of carbonyl (C=O) groups excluding carboxylic acids is 1. The van der Waals surface area contributed by atoms with Gasteiger partial charge in [0.1, 0.15) is 0 Å². The zero-order valence-corrected chi connectivity index (χ0v) is 12.7. The van der Waals surface area contributed by atoms with Crippen molar-refractivity contribution in [2.45, 2.75) is 13.0 Å². The van der Waals surface area contributed by atoms with Crippen LogP contribution in [-0.4, -0.2) is 48.4 Å². The summed E-state index contributed by atoms with van der Waals surface area (Å²) in [7, 11) is 0. The number of halogens is 1. The number of hydrogen-bond donors (Lipinski definition) is 1. The van der Waals surface area contributed by atoms with Gasteiger partial charge in [-0.2, -0.15) is 0 Å². The highest BCUT2D eigenvalue weighted by Crippen LogP contribution is 2.23. The van der Waals surface area contributed by atoms with Crippen LogP contribution in [0.15, 0.2) is 15.9 Å². The Kier molecular flexibility index (Phi) is 5.17. The first-order chi connectivity index (χ1) is 8.69. The third-order valence-corrected chi connectivity index (χ3v) is 4.70. The van der Waals surface area contributed by atoms with E-state index in [0.29, 0.717) is 13.0 Å². The van der Waals surface area contributed by atoms with E-state index >= 15 is 0 Å². The summed E-state index contributed by atoms with van der Waals surface area (Å²) in [5, 5.41) is 0. The summed E-state index contributed by atoms with van der Waals surface area (Å²) in [6.07, 6.45) is 0.470. The predicted octanol–water partition coefficient (Wildman–Crippen LogP) is 1.50. The van der Waals surface area contributed by atoms with Crippen LogP contribution in [0.3, 0.4) is 0 Å². The number of hydrogen-bond acceptors (Lipinski definition) is 4. The van der Waals surface area contributed by atoms with Crippen molar-refractivity contribution >= 4 is 33.2 Å². The summed E-state index contributed by atoms with van der Waals surface area (Å²) in [6, 6.07) is 4.24. The van der Waals surface area contributed by atoms with Gasteiger partial charge in [0, 0.05) is 50.6 Å². The summed E-state index contributed by atoms with van der Waals surface area (Å²) in [6.45, 7) is 4.98. The molecular formula is C12H18BrN3OS. The average Bonchev–Trinajstić information content (AvgIpc) is 2.76. The van der Waals surface area contributed by atoms with Gasteiger partial charge in [-0.3, -0.25) is 9.69 Å². The Hall–Kier alpha value is -0.430. The lowest BCUT2D eigenvalue weighted by atomic mass is 10.2. The molecule has 0 bridgehead atoms. The molecule has 0 aliphatic carbocycles. The van der Waals surface area contributed by atoms with E-state index < -0.39 is 0 Å². The second kappa shape index (κ2) is 6.65. The van der Waals surface area contributed by atoms with Gasteiger partial charge in [-0.1, -0.05) is 0 Å². The van der Waals surface area contributed by atoms with Gasteiger partial charge in [-0.25, -0.2) is 0 Å². The van der Waals surface area contributed by atoms with Crippen molar-refractivity contribution in [1.82, 2.24) is 9.80 Å². The first kappa shape index (κ1) is 14.0. The Morgan fingerprint density at radius 3 is 2.61 bits per heavy atom. The highest BCUT2D eigenvalue weighted by atomic mass is 79.9. The van der Waals surface area contributed by atoms with Crippen molar-refractivity contribution in [2.24, 2.45) is 5.73 Å². The molecule has 0 radical (unpaired) electrons. The number of rotatable bonds is 4. The molecular weight excluding hydrogens is 314 g/mol. The molecule has 1 aliphatic heterocycles. The molecule has 2 rings (SSSR count). The number of amides is 1. The summed E-state index contributed by atoms with van der Waals surface area (Å²) in [5.74, 6) is 0.191. The second-order valence-electron chi connectivity index (χ2n) is 4.40. The van der Waals surface area contributed by atoms with E-state index in [4.69, 9.17) is 5.73 Å². The number of nitrogens with zero attached hydrogens (tertiary/aromatic N) is 2. The maximum absolute atomic E-state index is 11.7. The number of thiophene rings is 1. The fraction of sp³-hybridized carbons (Fsp3) is 0.583. The zero-order chi connectivity index (χ0) is 13.0. The molecule has 0 unspecified atom stereocenters. The van der Waals surface area contributed by atoms with E-state index in [2.05, 4.69) is 33.0 Å². The van der Waals surface area contributed by atoms with Crippen LogP contribution in [-0.2, 0) is 11.3 Å². The molecule has 100 valence electrons. The smallest absolute Gasteiger partial charge is 0.223 e. The van der Waals surface area contributed by atoms with Crippen LogP contribution >= 0.6 is 27.3 Å². The van der Waals surface area contributed by atoms with Gasteiger partial charge in [0.05, 0.1) is 3.79 Å². The van der Waals surface area contributed by atoms with Crippen molar-refractivity contribution in [3.8, 4) is 0 Å². The lowest BCUT2D eigenvalue weighted by Gasteiger charge is -2.34. The summed E-state index contributed by atoms with van der Waals surface area (Å²) in [4.78, 5) is 17.4. The van der Waals surface area contributed by atoms with Gasteiger partial charge in [0.2, 0.25) is 5.91 Å². The van der Waals surface area contributed by atoms with Crippen molar-refractivity contribution in [1.29, 1.82) is 0 Å². The van der Waals surface area contributed by atoms with E-state index in [-0.39, 0.29) is 5.91 Å². The fourth-order valence-electron chi connectivity index (χ4n) is 2.09. The molecule has 1 aromatic rings. The summed E-state index contributed by atoms with van der Waals surface area (Å²) < 4.78 is 1.18. The van der Waals surface area contributed by atoms with Gasteiger partial charge < -0.3 is 10.6 Å². The number of nitrogens with two attached hydrogens (primary N) is 1. The van der Waals surface area contributed by atoms with Crippen LogP contribution in [0.25, 0.3) is 0 Å². The van der Waals surface area contributed by atoms with Crippen LogP contribution in [0, 0.1) is 0 Å². The summed E-state index contributed by atoms with van der Waals surface area (Å²) >= 11 is 5.25. The molecule has 1 aromatic heterocycles. The van der Waals surface area contributed by atoms with Gasteiger partial charge in [-0.05, 0) is 28.1 Å². The molecule has 1 amide bonds. The van der Waals surface area contributed by atoms with Crippen LogP contribution in [0.2, 0.25) is 0 Å². The minimum Gasteiger partial charge on any atom is -0.340 e. The van der Waals surface area contributed by atoms with Crippen LogP contribution < -0.4 is 5.73 Å². The monoisotopic (exact) mass is 331 g/mol. The number of carbonyl (C=O) groups is 1.